The fourth-order valence-corrected chi connectivity index (χ4v) is 5.24. The Morgan fingerprint density at radius 1 is 0.972 bits per heavy atom. The van der Waals surface area contributed by atoms with Crippen molar-refractivity contribution in [3.05, 3.63) is 99.5 Å². The van der Waals surface area contributed by atoms with E-state index in [-0.39, 0.29) is 24.5 Å². The number of hydrogen-bond donors (Lipinski definition) is 1. The number of rotatable bonds is 10. The topological polar surface area (TPSA) is 58.6 Å². The third-order valence-electron chi connectivity index (χ3n) is 6.41. The minimum absolute atomic E-state index is 0.128. The Balaban J connectivity index is 1.60. The van der Waals surface area contributed by atoms with Gasteiger partial charge in [0.05, 0.1) is 5.02 Å². The number of benzene rings is 3. The third-order valence-corrected chi connectivity index (χ3v) is 7.20. The van der Waals surface area contributed by atoms with Crippen LogP contribution in [0.3, 0.4) is 0 Å². The summed E-state index contributed by atoms with van der Waals surface area (Å²) in [6.07, 6.45) is 4.59. The Morgan fingerprint density at radius 3 is 2.25 bits per heavy atom. The number of nitrogens with one attached hydrogen (secondary N) is 1. The van der Waals surface area contributed by atoms with Gasteiger partial charge in [0.15, 0.2) is 6.61 Å². The van der Waals surface area contributed by atoms with Crippen LogP contribution in [-0.2, 0) is 22.6 Å². The Bertz CT molecular complexity index is 1150. The molecular formula is C29H30BrClN2O3. The number of halogens is 2. The van der Waals surface area contributed by atoms with E-state index in [9.17, 15) is 9.59 Å². The highest BCUT2D eigenvalue weighted by Gasteiger charge is 2.32. The van der Waals surface area contributed by atoms with E-state index in [0.717, 1.165) is 41.3 Å². The van der Waals surface area contributed by atoms with Gasteiger partial charge in [0.25, 0.3) is 5.91 Å². The third kappa shape index (κ3) is 7.34. The monoisotopic (exact) mass is 568 g/mol. The number of hydrogen-bond acceptors (Lipinski definition) is 3. The second-order valence-electron chi connectivity index (χ2n) is 9.07. The Kier molecular flexibility index (Phi) is 9.42. The van der Waals surface area contributed by atoms with Crippen molar-refractivity contribution in [2.45, 2.75) is 50.7 Å². The second-order valence-corrected chi connectivity index (χ2v) is 10.4. The van der Waals surface area contributed by atoms with Crippen LogP contribution in [0.4, 0.5) is 0 Å². The molecule has 188 valence electrons. The molecule has 1 N–H and O–H groups in total. The van der Waals surface area contributed by atoms with Crippen LogP contribution in [0.25, 0.3) is 0 Å². The highest BCUT2D eigenvalue weighted by Crippen LogP contribution is 2.28. The van der Waals surface area contributed by atoms with Crippen LogP contribution >= 0.6 is 27.5 Å². The molecule has 36 heavy (non-hydrogen) atoms. The molecule has 3 aromatic carbocycles. The molecule has 5 nitrogen and oxygen atoms in total. The first-order chi connectivity index (χ1) is 17.5. The van der Waals surface area contributed by atoms with E-state index < -0.39 is 6.04 Å². The maximum atomic E-state index is 13.6. The lowest BCUT2D eigenvalue weighted by molar-refractivity contribution is -0.143. The highest BCUT2D eigenvalue weighted by molar-refractivity contribution is 9.10. The standard InChI is InChI=1S/C29H30BrClN2O3/c30-23-15-16-27(25(31)18-23)36-20-28(34)33(19-22-11-5-2-6-12-22)26(17-21-9-3-1-4-10-21)29(35)32-24-13-7-8-14-24/h1-6,9-12,15-16,18,24,26H,7-8,13-14,17,19-20H2,(H,32,35). The first kappa shape index (κ1) is 26.2. The van der Waals surface area contributed by atoms with Crippen molar-refractivity contribution < 1.29 is 14.3 Å². The van der Waals surface area contributed by atoms with Crippen molar-refractivity contribution in [2.75, 3.05) is 6.61 Å². The summed E-state index contributed by atoms with van der Waals surface area (Å²) in [7, 11) is 0. The molecule has 3 aromatic rings. The van der Waals surface area contributed by atoms with Crippen LogP contribution in [0.2, 0.25) is 5.02 Å². The summed E-state index contributed by atoms with van der Waals surface area (Å²) in [5, 5.41) is 3.62. The van der Waals surface area contributed by atoms with Gasteiger partial charge in [-0.25, -0.2) is 0 Å². The average molecular weight is 570 g/mol. The molecular weight excluding hydrogens is 540 g/mol. The molecule has 0 heterocycles. The molecule has 7 heteroatoms. The van der Waals surface area contributed by atoms with Gasteiger partial charge in [-0.05, 0) is 42.2 Å². The summed E-state index contributed by atoms with van der Waals surface area (Å²) in [6, 6.07) is 24.2. The number of amides is 2. The van der Waals surface area contributed by atoms with Gasteiger partial charge in [-0.2, -0.15) is 0 Å². The maximum absolute atomic E-state index is 13.6. The summed E-state index contributed by atoms with van der Waals surface area (Å²) >= 11 is 9.67. The van der Waals surface area contributed by atoms with Crippen molar-refractivity contribution in [2.24, 2.45) is 0 Å². The SMILES string of the molecule is O=C(NC1CCCC1)C(Cc1ccccc1)N(Cc1ccccc1)C(=O)COc1ccc(Br)cc1Cl. The molecule has 1 atom stereocenters. The first-order valence-corrected chi connectivity index (χ1v) is 13.4. The number of carbonyl (C=O) groups is 2. The Morgan fingerprint density at radius 2 is 1.61 bits per heavy atom. The molecule has 1 unspecified atom stereocenters. The molecule has 1 fully saturated rings. The quantitative estimate of drug-likeness (QED) is 0.317. The number of ether oxygens (including phenoxy) is 1. The maximum Gasteiger partial charge on any atom is 0.261 e. The van der Waals surface area contributed by atoms with Crippen LogP contribution in [0.1, 0.15) is 36.8 Å². The van der Waals surface area contributed by atoms with Gasteiger partial charge in [0, 0.05) is 23.5 Å². The van der Waals surface area contributed by atoms with Crippen LogP contribution in [-0.4, -0.2) is 35.4 Å². The zero-order valence-electron chi connectivity index (χ0n) is 20.0. The summed E-state index contributed by atoms with van der Waals surface area (Å²) in [6.45, 7) is 0.0723. The van der Waals surface area contributed by atoms with E-state index in [0.29, 0.717) is 23.7 Å². The van der Waals surface area contributed by atoms with Gasteiger partial charge in [-0.1, -0.05) is 101 Å². The van der Waals surface area contributed by atoms with Gasteiger partial charge >= 0.3 is 0 Å². The van der Waals surface area contributed by atoms with Crippen molar-refractivity contribution in [3.63, 3.8) is 0 Å². The lowest BCUT2D eigenvalue weighted by atomic mass is 10.0. The molecule has 4 rings (SSSR count). The van der Waals surface area contributed by atoms with Gasteiger partial charge in [0.2, 0.25) is 5.91 Å². The van der Waals surface area contributed by atoms with Crippen LogP contribution < -0.4 is 10.1 Å². The average Bonchev–Trinajstić information content (AvgIpc) is 3.39. The second kappa shape index (κ2) is 12.9. The molecule has 1 saturated carbocycles. The van der Waals surface area contributed by atoms with E-state index in [1.807, 2.05) is 60.7 Å². The summed E-state index contributed by atoms with van der Waals surface area (Å²) in [5.41, 5.74) is 1.94. The van der Waals surface area contributed by atoms with Gasteiger partial charge in [-0.15, -0.1) is 0 Å². The molecule has 2 amide bonds. The summed E-state index contributed by atoms with van der Waals surface area (Å²) in [5.74, 6) is 0.0138. The predicted octanol–water partition coefficient (Wildman–Crippen LogP) is 6.18. The zero-order chi connectivity index (χ0) is 25.3. The van der Waals surface area contributed by atoms with Crippen LogP contribution in [0, 0.1) is 0 Å². The molecule has 0 radical (unpaired) electrons. The summed E-state index contributed by atoms with van der Waals surface area (Å²) in [4.78, 5) is 28.9. The first-order valence-electron chi connectivity index (χ1n) is 12.2. The lowest BCUT2D eigenvalue weighted by Crippen LogP contribution is -2.53. The van der Waals surface area contributed by atoms with Gasteiger partial charge < -0.3 is 15.0 Å². The smallest absolute Gasteiger partial charge is 0.261 e. The van der Waals surface area contributed by atoms with Crippen molar-refractivity contribution in [3.8, 4) is 5.75 Å². The molecule has 0 aliphatic heterocycles. The summed E-state index contributed by atoms with van der Waals surface area (Å²) < 4.78 is 6.63. The minimum atomic E-state index is -0.676. The molecule has 0 spiro atoms. The van der Waals surface area contributed by atoms with E-state index in [2.05, 4.69) is 21.2 Å². The van der Waals surface area contributed by atoms with E-state index in [1.54, 1.807) is 23.1 Å². The van der Waals surface area contributed by atoms with E-state index >= 15 is 0 Å². The zero-order valence-corrected chi connectivity index (χ0v) is 22.4. The minimum Gasteiger partial charge on any atom is -0.482 e. The highest BCUT2D eigenvalue weighted by atomic mass is 79.9. The van der Waals surface area contributed by atoms with Crippen LogP contribution in [0.15, 0.2) is 83.3 Å². The van der Waals surface area contributed by atoms with E-state index in [4.69, 9.17) is 16.3 Å². The van der Waals surface area contributed by atoms with Crippen LogP contribution in [0.5, 0.6) is 5.75 Å². The van der Waals surface area contributed by atoms with Crippen molar-refractivity contribution in [1.29, 1.82) is 0 Å². The van der Waals surface area contributed by atoms with Gasteiger partial charge in [-0.3, -0.25) is 9.59 Å². The molecule has 0 bridgehead atoms. The Hall–Kier alpha value is -2.83. The van der Waals surface area contributed by atoms with Gasteiger partial charge in [0.1, 0.15) is 11.8 Å². The fourth-order valence-electron chi connectivity index (χ4n) is 4.52. The van der Waals surface area contributed by atoms with Crippen molar-refractivity contribution in [1.82, 2.24) is 10.2 Å². The molecule has 0 saturated heterocycles. The van der Waals surface area contributed by atoms with Crippen molar-refractivity contribution >= 4 is 39.3 Å². The number of carbonyl (C=O) groups excluding carboxylic acids is 2. The lowest BCUT2D eigenvalue weighted by Gasteiger charge is -2.32. The molecule has 1 aliphatic rings. The predicted molar refractivity (Wildman–Crippen MR) is 146 cm³/mol. The van der Waals surface area contributed by atoms with E-state index in [1.165, 1.54) is 0 Å². The molecule has 1 aliphatic carbocycles. The molecule has 0 aromatic heterocycles. The largest absolute Gasteiger partial charge is 0.482 e. The number of nitrogens with zero attached hydrogens (tertiary/aromatic N) is 1. The normalized spacial score (nSPS) is 14.3. The Labute approximate surface area is 225 Å². The fraction of sp³-hybridized carbons (Fsp3) is 0.310.